The number of nitrogens with two attached hydrogens (primary N) is 1. The van der Waals surface area contributed by atoms with Crippen LogP contribution in [0.5, 0.6) is 5.75 Å². The van der Waals surface area contributed by atoms with Crippen molar-refractivity contribution in [2.75, 3.05) is 13.7 Å². The van der Waals surface area contributed by atoms with Gasteiger partial charge in [-0.15, -0.1) is 0 Å². The van der Waals surface area contributed by atoms with Crippen molar-refractivity contribution in [2.24, 2.45) is 11.1 Å². The summed E-state index contributed by atoms with van der Waals surface area (Å²) >= 11 is 5.92. The van der Waals surface area contributed by atoms with E-state index >= 15 is 4.39 Å². The maximum atomic E-state index is 15.1. The highest BCUT2D eigenvalue weighted by Crippen LogP contribution is 2.46. The van der Waals surface area contributed by atoms with Crippen LogP contribution in [0.4, 0.5) is 4.39 Å². The number of hydrogen-bond acceptors (Lipinski definition) is 2. The largest absolute Gasteiger partial charge is 0.496 e. The van der Waals surface area contributed by atoms with Gasteiger partial charge in [-0.25, -0.2) is 4.39 Å². The predicted molar refractivity (Wildman–Crippen MR) is 69.3 cm³/mol. The Kier molecular flexibility index (Phi) is 4.05. The molecule has 17 heavy (non-hydrogen) atoms. The second-order valence-electron chi connectivity index (χ2n) is 5.10. The molecule has 4 heteroatoms. The lowest BCUT2D eigenvalue weighted by Crippen LogP contribution is -2.42. The van der Waals surface area contributed by atoms with E-state index in [2.05, 4.69) is 0 Å². The number of hydrogen-bond donors (Lipinski definition) is 1. The minimum absolute atomic E-state index is 0.118. The third-order valence-corrected chi connectivity index (χ3v) is 3.29. The van der Waals surface area contributed by atoms with Crippen LogP contribution in [0.2, 0.25) is 5.02 Å². The molecule has 1 aromatic rings. The van der Waals surface area contributed by atoms with E-state index in [4.69, 9.17) is 22.1 Å². The molecule has 0 radical (unpaired) electrons. The fraction of sp³-hybridized carbons (Fsp3) is 0.538. The third kappa shape index (κ3) is 2.55. The second kappa shape index (κ2) is 4.83. The van der Waals surface area contributed by atoms with Gasteiger partial charge >= 0.3 is 0 Å². The van der Waals surface area contributed by atoms with E-state index in [-0.39, 0.29) is 6.54 Å². The molecule has 0 spiro atoms. The van der Waals surface area contributed by atoms with E-state index in [0.29, 0.717) is 16.3 Å². The van der Waals surface area contributed by atoms with Gasteiger partial charge in [-0.1, -0.05) is 32.4 Å². The quantitative estimate of drug-likeness (QED) is 0.902. The van der Waals surface area contributed by atoms with Crippen LogP contribution < -0.4 is 10.5 Å². The fourth-order valence-electron chi connectivity index (χ4n) is 1.81. The molecule has 0 fully saturated rings. The maximum Gasteiger partial charge on any atom is 0.156 e. The van der Waals surface area contributed by atoms with Gasteiger partial charge in [-0.05, 0) is 18.2 Å². The second-order valence-corrected chi connectivity index (χ2v) is 5.54. The van der Waals surface area contributed by atoms with Crippen LogP contribution in [-0.4, -0.2) is 13.7 Å². The topological polar surface area (TPSA) is 35.2 Å². The zero-order valence-electron chi connectivity index (χ0n) is 10.7. The van der Waals surface area contributed by atoms with Crippen molar-refractivity contribution < 1.29 is 9.13 Å². The molecule has 1 rings (SSSR count). The van der Waals surface area contributed by atoms with Gasteiger partial charge in [0.25, 0.3) is 0 Å². The zero-order valence-corrected chi connectivity index (χ0v) is 11.4. The lowest BCUT2D eigenvalue weighted by molar-refractivity contribution is 0.0319. The minimum Gasteiger partial charge on any atom is -0.496 e. The summed E-state index contributed by atoms with van der Waals surface area (Å²) in [5.74, 6) is 0.470. The van der Waals surface area contributed by atoms with Crippen molar-refractivity contribution in [3.63, 3.8) is 0 Å². The lowest BCUT2D eigenvalue weighted by atomic mass is 9.73. The SMILES string of the molecule is COc1ccc(Cl)cc1C(F)(CN)C(C)(C)C. The van der Waals surface area contributed by atoms with Gasteiger partial charge in [0, 0.05) is 22.5 Å². The first-order chi connectivity index (χ1) is 7.76. The maximum absolute atomic E-state index is 15.1. The fourth-order valence-corrected chi connectivity index (χ4v) is 1.98. The molecule has 0 saturated carbocycles. The van der Waals surface area contributed by atoms with Crippen molar-refractivity contribution >= 4 is 11.6 Å². The Labute approximate surface area is 107 Å². The summed E-state index contributed by atoms with van der Waals surface area (Å²) in [6.45, 7) is 5.30. The van der Waals surface area contributed by atoms with Crippen molar-refractivity contribution in [2.45, 2.75) is 26.4 Å². The van der Waals surface area contributed by atoms with E-state index < -0.39 is 11.1 Å². The molecular weight excluding hydrogens is 241 g/mol. The number of methoxy groups -OCH3 is 1. The van der Waals surface area contributed by atoms with Crippen LogP contribution in [0, 0.1) is 5.41 Å². The Hall–Kier alpha value is -0.800. The molecular formula is C13H19ClFNO. The third-order valence-electron chi connectivity index (χ3n) is 3.06. The number of benzene rings is 1. The van der Waals surface area contributed by atoms with E-state index in [0.717, 1.165) is 0 Å². The number of halogens is 2. The smallest absolute Gasteiger partial charge is 0.156 e. The van der Waals surface area contributed by atoms with E-state index in [1.54, 1.807) is 39.0 Å². The molecule has 2 nitrogen and oxygen atoms in total. The average Bonchev–Trinajstić information content (AvgIpc) is 2.26. The Balaban J connectivity index is 3.43. The monoisotopic (exact) mass is 259 g/mol. The summed E-state index contributed by atoms with van der Waals surface area (Å²) in [4.78, 5) is 0. The molecule has 0 amide bonds. The normalized spacial score (nSPS) is 15.5. The molecule has 1 atom stereocenters. The summed E-state index contributed by atoms with van der Waals surface area (Å²) in [5, 5.41) is 0.473. The average molecular weight is 260 g/mol. The van der Waals surface area contributed by atoms with Crippen LogP contribution >= 0.6 is 11.6 Å². The molecule has 0 saturated heterocycles. The molecule has 0 aliphatic heterocycles. The number of alkyl halides is 1. The Morgan fingerprint density at radius 2 is 1.94 bits per heavy atom. The van der Waals surface area contributed by atoms with Gasteiger partial charge < -0.3 is 10.5 Å². The molecule has 0 aliphatic carbocycles. The standard InChI is InChI=1S/C13H19ClFNO/c1-12(2,3)13(15,8-16)10-7-9(14)5-6-11(10)17-4/h5-7H,8,16H2,1-4H3. The molecule has 0 aliphatic rings. The zero-order chi connectivity index (χ0) is 13.3. The van der Waals surface area contributed by atoms with Gasteiger partial charge in [-0.2, -0.15) is 0 Å². The molecule has 0 heterocycles. The van der Waals surface area contributed by atoms with Gasteiger partial charge in [0.05, 0.1) is 7.11 Å². The van der Waals surface area contributed by atoms with Crippen LogP contribution in [-0.2, 0) is 5.67 Å². The van der Waals surface area contributed by atoms with Crippen molar-refractivity contribution in [1.29, 1.82) is 0 Å². The number of rotatable bonds is 3. The lowest BCUT2D eigenvalue weighted by Gasteiger charge is -2.38. The Morgan fingerprint density at radius 3 is 2.35 bits per heavy atom. The summed E-state index contributed by atoms with van der Waals surface area (Å²) in [6, 6.07) is 4.91. The van der Waals surface area contributed by atoms with Crippen LogP contribution in [0.3, 0.4) is 0 Å². The first-order valence-corrected chi connectivity index (χ1v) is 5.87. The minimum atomic E-state index is -1.68. The van der Waals surface area contributed by atoms with E-state index in [1.165, 1.54) is 7.11 Å². The highest BCUT2D eigenvalue weighted by atomic mass is 35.5. The van der Waals surface area contributed by atoms with Crippen LogP contribution in [0.1, 0.15) is 26.3 Å². The van der Waals surface area contributed by atoms with Crippen LogP contribution in [0.15, 0.2) is 18.2 Å². The predicted octanol–water partition coefficient (Wildman–Crippen LogP) is 3.52. The molecule has 2 N–H and O–H groups in total. The summed E-state index contributed by atoms with van der Waals surface area (Å²) in [6.07, 6.45) is 0. The Bertz CT molecular complexity index is 403. The van der Waals surface area contributed by atoms with Gasteiger partial charge in [-0.3, -0.25) is 0 Å². The molecule has 0 aromatic heterocycles. The molecule has 1 aromatic carbocycles. The van der Waals surface area contributed by atoms with Gasteiger partial charge in [0.15, 0.2) is 5.67 Å². The molecule has 1 unspecified atom stereocenters. The summed E-state index contributed by atoms with van der Waals surface area (Å²) in [5.41, 5.74) is 3.71. The van der Waals surface area contributed by atoms with E-state index in [9.17, 15) is 0 Å². The number of ether oxygens (including phenoxy) is 1. The Morgan fingerprint density at radius 1 is 1.35 bits per heavy atom. The highest BCUT2D eigenvalue weighted by Gasteiger charge is 2.44. The van der Waals surface area contributed by atoms with Crippen molar-refractivity contribution in [1.82, 2.24) is 0 Å². The summed E-state index contributed by atoms with van der Waals surface area (Å²) < 4.78 is 20.3. The molecule has 96 valence electrons. The first kappa shape index (κ1) is 14.3. The summed E-state index contributed by atoms with van der Waals surface area (Å²) in [7, 11) is 1.51. The molecule has 0 bridgehead atoms. The van der Waals surface area contributed by atoms with E-state index in [1.807, 2.05) is 0 Å². The van der Waals surface area contributed by atoms with Gasteiger partial charge in [0.1, 0.15) is 5.75 Å². The van der Waals surface area contributed by atoms with Crippen molar-refractivity contribution in [3.05, 3.63) is 28.8 Å². The highest BCUT2D eigenvalue weighted by molar-refractivity contribution is 6.30. The van der Waals surface area contributed by atoms with Crippen molar-refractivity contribution in [3.8, 4) is 5.75 Å². The van der Waals surface area contributed by atoms with Gasteiger partial charge in [0.2, 0.25) is 0 Å². The van der Waals surface area contributed by atoms with Crippen LogP contribution in [0.25, 0.3) is 0 Å². The first-order valence-electron chi connectivity index (χ1n) is 5.49.